The summed E-state index contributed by atoms with van der Waals surface area (Å²) in [6.45, 7) is 3.48. The molecule has 0 aliphatic carbocycles. The van der Waals surface area contributed by atoms with Gasteiger partial charge in [-0.05, 0) is 31.4 Å². The third kappa shape index (κ3) is 5.47. The van der Waals surface area contributed by atoms with Gasteiger partial charge >= 0.3 is 5.97 Å². The summed E-state index contributed by atoms with van der Waals surface area (Å²) in [5, 5.41) is 3.22. The molecular formula is C19H27N3O4. The first-order chi connectivity index (χ1) is 12.5. The van der Waals surface area contributed by atoms with Crippen LogP contribution in [-0.2, 0) is 14.3 Å². The minimum atomic E-state index is -0.523. The average molecular weight is 361 g/mol. The second kappa shape index (κ2) is 9.79. The number of hydrogen-bond donors (Lipinski definition) is 2. The van der Waals surface area contributed by atoms with Gasteiger partial charge in [-0.25, -0.2) is 4.79 Å². The van der Waals surface area contributed by atoms with Gasteiger partial charge < -0.3 is 20.7 Å². The second-order valence-electron chi connectivity index (χ2n) is 6.46. The van der Waals surface area contributed by atoms with Crippen molar-refractivity contribution < 1.29 is 19.1 Å². The predicted octanol–water partition coefficient (Wildman–Crippen LogP) is 1.78. The number of primary amides is 1. The molecule has 0 saturated carbocycles. The van der Waals surface area contributed by atoms with Gasteiger partial charge in [0.2, 0.25) is 5.91 Å². The van der Waals surface area contributed by atoms with E-state index in [4.69, 9.17) is 10.5 Å². The molecule has 26 heavy (non-hydrogen) atoms. The Morgan fingerprint density at radius 2 is 1.92 bits per heavy atom. The smallest absolute Gasteiger partial charge is 0.340 e. The van der Waals surface area contributed by atoms with E-state index in [9.17, 15) is 14.4 Å². The van der Waals surface area contributed by atoms with Gasteiger partial charge in [-0.2, -0.15) is 0 Å². The fourth-order valence-corrected chi connectivity index (χ4v) is 2.92. The fraction of sp³-hybridized carbons (Fsp3) is 0.526. The zero-order chi connectivity index (χ0) is 18.9. The summed E-state index contributed by atoms with van der Waals surface area (Å²) < 4.78 is 5.20. The van der Waals surface area contributed by atoms with Gasteiger partial charge in [0, 0.05) is 31.2 Å². The van der Waals surface area contributed by atoms with Gasteiger partial charge in [-0.1, -0.05) is 25.5 Å². The largest absolute Gasteiger partial charge is 0.452 e. The van der Waals surface area contributed by atoms with E-state index in [1.807, 2.05) is 12.1 Å². The van der Waals surface area contributed by atoms with E-state index in [1.54, 1.807) is 17.0 Å². The number of unbranched alkanes of at least 4 members (excludes halogenated alkanes) is 1. The van der Waals surface area contributed by atoms with Crippen LogP contribution in [0.2, 0.25) is 0 Å². The molecule has 0 unspecified atom stereocenters. The Hall–Kier alpha value is -2.57. The molecule has 2 amide bonds. The summed E-state index contributed by atoms with van der Waals surface area (Å²) in [5.74, 6) is -1.28. The van der Waals surface area contributed by atoms with Crippen LogP contribution >= 0.6 is 0 Å². The highest BCUT2D eigenvalue weighted by molar-refractivity contribution is 5.96. The highest BCUT2D eigenvalue weighted by atomic mass is 16.5. The molecule has 1 aromatic carbocycles. The first kappa shape index (κ1) is 19.8. The van der Waals surface area contributed by atoms with Crippen molar-refractivity contribution in [2.75, 3.05) is 31.6 Å². The van der Waals surface area contributed by atoms with Crippen molar-refractivity contribution in [3.63, 3.8) is 0 Å². The number of benzene rings is 1. The molecule has 0 aromatic heterocycles. The maximum absolute atomic E-state index is 12.3. The normalized spacial score (nSPS) is 14.7. The average Bonchev–Trinajstić information content (AvgIpc) is 2.66. The number of carbonyl (C=O) groups is 3. The van der Waals surface area contributed by atoms with Crippen molar-refractivity contribution in [1.82, 2.24) is 4.90 Å². The van der Waals surface area contributed by atoms with Crippen LogP contribution in [0.25, 0.3) is 0 Å². The monoisotopic (exact) mass is 361 g/mol. The summed E-state index contributed by atoms with van der Waals surface area (Å²) in [5.41, 5.74) is 6.42. The first-order valence-electron chi connectivity index (χ1n) is 9.10. The Balaban J connectivity index is 1.85. The van der Waals surface area contributed by atoms with Gasteiger partial charge in [-0.15, -0.1) is 0 Å². The van der Waals surface area contributed by atoms with Crippen LogP contribution in [0.15, 0.2) is 24.3 Å². The number of amides is 2. The van der Waals surface area contributed by atoms with Crippen molar-refractivity contribution in [2.24, 2.45) is 11.7 Å². The molecule has 1 saturated heterocycles. The van der Waals surface area contributed by atoms with Crippen LogP contribution in [0.5, 0.6) is 0 Å². The lowest BCUT2D eigenvalue weighted by atomic mass is 9.96. The SMILES string of the molecule is CCCCNc1ccccc1C(=O)OCC(=O)N1CCC(C(N)=O)CC1. The van der Waals surface area contributed by atoms with E-state index in [0.29, 0.717) is 37.2 Å². The highest BCUT2D eigenvalue weighted by Crippen LogP contribution is 2.18. The maximum atomic E-state index is 12.3. The summed E-state index contributed by atoms with van der Waals surface area (Å²) >= 11 is 0. The van der Waals surface area contributed by atoms with Gasteiger partial charge in [0.1, 0.15) is 0 Å². The van der Waals surface area contributed by atoms with Gasteiger partial charge in [0.05, 0.1) is 5.56 Å². The quantitative estimate of drug-likeness (QED) is 0.543. The first-order valence-corrected chi connectivity index (χ1v) is 9.10. The number of nitrogens with one attached hydrogen (secondary N) is 1. The summed E-state index contributed by atoms with van der Waals surface area (Å²) in [6, 6.07) is 7.11. The second-order valence-corrected chi connectivity index (χ2v) is 6.46. The zero-order valence-electron chi connectivity index (χ0n) is 15.2. The number of piperidine rings is 1. The van der Waals surface area contributed by atoms with Gasteiger partial charge in [0.15, 0.2) is 6.61 Å². The Morgan fingerprint density at radius 3 is 2.58 bits per heavy atom. The number of nitrogens with two attached hydrogens (primary N) is 1. The molecule has 0 spiro atoms. The van der Waals surface area contributed by atoms with Crippen molar-refractivity contribution in [3.05, 3.63) is 29.8 Å². The molecule has 142 valence electrons. The summed E-state index contributed by atoms with van der Waals surface area (Å²) in [7, 11) is 0. The van der Waals surface area contributed by atoms with Crippen LogP contribution in [0.4, 0.5) is 5.69 Å². The molecular weight excluding hydrogens is 334 g/mol. The third-order valence-electron chi connectivity index (χ3n) is 4.57. The molecule has 1 aliphatic heterocycles. The minimum absolute atomic E-state index is 0.178. The third-order valence-corrected chi connectivity index (χ3v) is 4.57. The molecule has 7 nitrogen and oxygen atoms in total. The molecule has 7 heteroatoms. The van der Waals surface area contributed by atoms with Crippen LogP contribution in [0.3, 0.4) is 0 Å². The topological polar surface area (TPSA) is 102 Å². The van der Waals surface area contributed by atoms with E-state index < -0.39 is 5.97 Å². The summed E-state index contributed by atoms with van der Waals surface area (Å²) in [6.07, 6.45) is 3.17. The lowest BCUT2D eigenvalue weighted by Gasteiger charge is -2.30. The molecule has 3 N–H and O–H groups in total. The van der Waals surface area contributed by atoms with Crippen molar-refractivity contribution in [2.45, 2.75) is 32.6 Å². The number of likely N-dealkylation sites (tertiary alicyclic amines) is 1. The minimum Gasteiger partial charge on any atom is -0.452 e. The number of rotatable bonds is 8. The van der Waals surface area contributed by atoms with Crippen LogP contribution in [-0.4, -0.2) is 48.9 Å². The molecule has 0 radical (unpaired) electrons. The van der Waals surface area contributed by atoms with E-state index in [-0.39, 0.29) is 24.3 Å². The van der Waals surface area contributed by atoms with E-state index in [0.717, 1.165) is 19.4 Å². The number of nitrogens with zero attached hydrogens (tertiary/aromatic N) is 1. The number of para-hydroxylation sites is 1. The molecule has 1 fully saturated rings. The number of ether oxygens (including phenoxy) is 1. The Bertz CT molecular complexity index is 639. The van der Waals surface area contributed by atoms with Crippen molar-refractivity contribution in [1.29, 1.82) is 0 Å². The highest BCUT2D eigenvalue weighted by Gasteiger charge is 2.26. The lowest BCUT2D eigenvalue weighted by Crippen LogP contribution is -2.43. The molecule has 1 heterocycles. The lowest BCUT2D eigenvalue weighted by molar-refractivity contribution is -0.137. The van der Waals surface area contributed by atoms with E-state index >= 15 is 0 Å². The van der Waals surface area contributed by atoms with Crippen LogP contribution < -0.4 is 11.1 Å². The molecule has 1 aromatic rings. The molecule has 0 atom stereocenters. The number of carbonyl (C=O) groups excluding carboxylic acids is 3. The van der Waals surface area contributed by atoms with Crippen molar-refractivity contribution >= 4 is 23.5 Å². The predicted molar refractivity (Wildman–Crippen MR) is 98.6 cm³/mol. The van der Waals surface area contributed by atoms with Crippen LogP contribution in [0, 0.1) is 5.92 Å². The fourth-order valence-electron chi connectivity index (χ4n) is 2.92. The zero-order valence-corrected chi connectivity index (χ0v) is 15.2. The Kier molecular flexibility index (Phi) is 7.44. The number of anilines is 1. The van der Waals surface area contributed by atoms with E-state index in [2.05, 4.69) is 12.2 Å². The van der Waals surface area contributed by atoms with Gasteiger partial charge in [0.25, 0.3) is 5.91 Å². The number of esters is 1. The molecule has 1 aliphatic rings. The van der Waals surface area contributed by atoms with E-state index in [1.165, 1.54) is 0 Å². The number of hydrogen-bond acceptors (Lipinski definition) is 5. The maximum Gasteiger partial charge on any atom is 0.340 e. The Morgan fingerprint density at radius 1 is 1.23 bits per heavy atom. The molecule has 2 rings (SSSR count). The van der Waals surface area contributed by atoms with Gasteiger partial charge in [-0.3, -0.25) is 9.59 Å². The molecule has 0 bridgehead atoms. The standard InChI is InChI=1S/C19H27N3O4/c1-2-3-10-21-16-7-5-4-6-15(16)19(25)26-13-17(23)22-11-8-14(9-12-22)18(20)24/h4-7,14,21H,2-3,8-13H2,1H3,(H2,20,24). The van der Waals surface area contributed by atoms with Crippen LogP contribution in [0.1, 0.15) is 43.0 Å². The summed E-state index contributed by atoms with van der Waals surface area (Å²) in [4.78, 5) is 37.3. The Labute approximate surface area is 153 Å². The van der Waals surface area contributed by atoms with Crippen molar-refractivity contribution in [3.8, 4) is 0 Å².